The highest BCUT2D eigenvalue weighted by Gasteiger charge is 2.21. The average molecular weight is 290 g/mol. The summed E-state index contributed by atoms with van der Waals surface area (Å²) in [4.78, 5) is 11.9. The van der Waals surface area contributed by atoms with E-state index in [4.69, 9.17) is 10.5 Å². The van der Waals surface area contributed by atoms with Gasteiger partial charge in [0.05, 0.1) is 19.1 Å². The first-order chi connectivity index (χ1) is 10.2. The first kappa shape index (κ1) is 16.0. The lowest BCUT2D eigenvalue weighted by Crippen LogP contribution is -2.27. The average Bonchev–Trinajstić information content (AvgIpc) is 2.49. The van der Waals surface area contributed by atoms with Crippen LogP contribution in [0, 0.1) is 5.92 Å². The Hall–Kier alpha value is -1.39. The van der Waals surface area contributed by atoms with Crippen molar-refractivity contribution in [2.45, 2.75) is 51.7 Å². The number of rotatable bonds is 6. The van der Waals surface area contributed by atoms with Crippen molar-refractivity contribution < 1.29 is 9.53 Å². The summed E-state index contributed by atoms with van der Waals surface area (Å²) in [5.41, 5.74) is 7.41. The van der Waals surface area contributed by atoms with Crippen molar-refractivity contribution in [1.29, 1.82) is 0 Å². The molecule has 2 unspecified atom stereocenters. The second kappa shape index (κ2) is 8.15. The summed E-state index contributed by atoms with van der Waals surface area (Å²) in [5.74, 6) is 0.607. The van der Waals surface area contributed by atoms with Gasteiger partial charge in [-0.2, -0.15) is 0 Å². The molecule has 0 saturated heterocycles. The van der Waals surface area contributed by atoms with E-state index in [1.54, 1.807) is 0 Å². The fourth-order valence-corrected chi connectivity index (χ4v) is 2.83. The van der Waals surface area contributed by atoms with Gasteiger partial charge in [-0.1, -0.05) is 31.9 Å². The summed E-state index contributed by atoms with van der Waals surface area (Å²) in [6.45, 7) is 3.21. The highest BCUT2D eigenvalue weighted by molar-refractivity contribution is 5.90. The second-order valence-corrected chi connectivity index (χ2v) is 5.87. The Morgan fingerprint density at radius 2 is 2.19 bits per heavy atom. The van der Waals surface area contributed by atoms with Crippen LogP contribution in [0.15, 0.2) is 24.3 Å². The van der Waals surface area contributed by atoms with Crippen LogP contribution in [0.4, 0.5) is 5.69 Å². The van der Waals surface area contributed by atoms with Crippen molar-refractivity contribution >= 4 is 11.6 Å². The minimum atomic E-state index is -0.00682. The molecule has 4 heteroatoms. The van der Waals surface area contributed by atoms with Gasteiger partial charge in [0.25, 0.3) is 0 Å². The lowest BCUT2D eigenvalue weighted by molar-refractivity contribution is -0.118. The maximum absolute atomic E-state index is 11.9. The van der Waals surface area contributed by atoms with Crippen LogP contribution in [0.3, 0.4) is 0 Å². The van der Waals surface area contributed by atoms with Crippen molar-refractivity contribution in [3.05, 3.63) is 29.8 Å². The van der Waals surface area contributed by atoms with Crippen LogP contribution in [0.25, 0.3) is 0 Å². The van der Waals surface area contributed by atoms with Crippen LogP contribution >= 0.6 is 0 Å². The predicted octanol–water partition coefficient (Wildman–Crippen LogP) is 3.07. The van der Waals surface area contributed by atoms with Crippen LogP contribution in [0.1, 0.15) is 44.6 Å². The van der Waals surface area contributed by atoms with Gasteiger partial charge in [-0.15, -0.1) is 0 Å². The number of nitrogens with one attached hydrogen (secondary N) is 1. The predicted molar refractivity (Wildman–Crippen MR) is 85.0 cm³/mol. The fourth-order valence-electron chi connectivity index (χ4n) is 2.83. The lowest BCUT2D eigenvalue weighted by atomic mass is 9.88. The van der Waals surface area contributed by atoms with E-state index in [-0.39, 0.29) is 5.91 Å². The van der Waals surface area contributed by atoms with Gasteiger partial charge in [0.2, 0.25) is 5.91 Å². The molecule has 2 rings (SSSR count). The fraction of sp³-hybridized carbons (Fsp3) is 0.588. The number of benzene rings is 1. The smallest absolute Gasteiger partial charge is 0.226 e. The van der Waals surface area contributed by atoms with Crippen molar-refractivity contribution in [2.75, 3.05) is 11.9 Å². The van der Waals surface area contributed by atoms with Gasteiger partial charge in [-0.05, 0) is 36.5 Å². The van der Waals surface area contributed by atoms with Crippen LogP contribution in [0.5, 0.6) is 0 Å². The molecule has 21 heavy (non-hydrogen) atoms. The number of amides is 1. The van der Waals surface area contributed by atoms with Crippen LogP contribution < -0.4 is 11.1 Å². The van der Waals surface area contributed by atoms with Crippen LogP contribution in [0.2, 0.25) is 0 Å². The van der Waals surface area contributed by atoms with Gasteiger partial charge >= 0.3 is 0 Å². The van der Waals surface area contributed by atoms with Crippen molar-refractivity contribution in [2.24, 2.45) is 11.7 Å². The van der Waals surface area contributed by atoms with E-state index in [0.717, 1.165) is 17.7 Å². The van der Waals surface area contributed by atoms with E-state index in [0.29, 0.717) is 31.6 Å². The van der Waals surface area contributed by atoms with E-state index in [1.807, 2.05) is 24.3 Å². The Bertz CT molecular complexity index is 462. The molecule has 1 amide bonds. The first-order valence-electron chi connectivity index (χ1n) is 7.89. The Morgan fingerprint density at radius 3 is 2.95 bits per heavy atom. The summed E-state index contributed by atoms with van der Waals surface area (Å²) in [7, 11) is 0. The minimum Gasteiger partial charge on any atom is -0.377 e. The van der Waals surface area contributed by atoms with Gasteiger partial charge in [-0.3, -0.25) is 4.79 Å². The van der Waals surface area contributed by atoms with E-state index in [9.17, 15) is 4.79 Å². The molecule has 0 radical (unpaired) electrons. The second-order valence-electron chi connectivity index (χ2n) is 5.87. The molecule has 4 nitrogen and oxygen atoms in total. The number of hydrogen-bond donors (Lipinski definition) is 2. The topological polar surface area (TPSA) is 64.3 Å². The van der Waals surface area contributed by atoms with E-state index < -0.39 is 0 Å². The number of carbonyl (C=O) groups is 1. The summed E-state index contributed by atoms with van der Waals surface area (Å²) in [5, 5.41) is 2.89. The largest absolute Gasteiger partial charge is 0.377 e. The summed E-state index contributed by atoms with van der Waals surface area (Å²) in [6.07, 6.45) is 5.64. The van der Waals surface area contributed by atoms with Gasteiger partial charge in [-0.25, -0.2) is 0 Å². The minimum absolute atomic E-state index is 0.00682. The monoisotopic (exact) mass is 290 g/mol. The third-order valence-electron chi connectivity index (χ3n) is 4.14. The highest BCUT2D eigenvalue weighted by Crippen LogP contribution is 2.26. The normalized spacial score (nSPS) is 22.0. The number of ether oxygens (including phenoxy) is 1. The number of anilines is 1. The molecule has 1 aromatic carbocycles. The zero-order chi connectivity index (χ0) is 15.1. The summed E-state index contributed by atoms with van der Waals surface area (Å²) < 4.78 is 5.87. The van der Waals surface area contributed by atoms with E-state index in [2.05, 4.69) is 12.2 Å². The summed E-state index contributed by atoms with van der Waals surface area (Å²) >= 11 is 0. The SMILES string of the molecule is CC1CCCCC1OCCC(=O)Nc1cccc(CN)c1. The van der Waals surface area contributed by atoms with E-state index in [1.165, 1.54) is 19.3 Å². The lowest BCUT2D eigenvalue weighted by Gasteiger charge is -2.28. The third kappa shape index (κ3) is 5.14. The Balaban J connectivity index is 1.71. The van der Waals surface area contributed by atoms with Gasteiger partial charge in [0, 0.05) is 12.2 Å². The molecule has 2 atom stereocenters. The molecule has 1 saturated carbocycles. The molecule has 1 aliphatic carbocycles. The summed E-state index contributed by atoms with van der Waals surface area (Å²) in [6, 6.07) is 7.63. The first-order valence-corrected chi connectivity index (χ1v) is 7.89. The zero-order valence-corrected chi connectivity index (χ0v) is 12.8. The molecule has 3 N–H and O–H groups in total. The van der Waals surface area contributed by atoms with Crippen molar-refractivity contribution in [3.8, 4) is 0 Å². The maximum Gasteiger partial charge on any atom is 0.226 e. The molecular formula is C17H26N2O2. The van der Waals surface area contributed by atoms with Crippen molar-refractivity contribution in [1.82, 2.24) is 0 Å². The molecular weight excluding hydrogens is 264 g/mol. The molecule has 1 aromatic rings. The Labute approximate surface area is 127 Å². The molecule has 116 valence electrons. The van der Waals surface area contributed by atoms with Crippen molar-refractivity contribution in [3.63, 3.8) is 0 Å². The van der Waals surface area contributed by atoms with Crippen LogP contribution in [-0.2, 0) is 16.1 Å². The molecule has 1 aliphatic rings. The third-order valence-corrected chi connectivity index (χ3v) is 4.14. The maximum atomic E-state index is 11.9. The highest BCUT2D eigenvalue weighted by atomic mass is 16.5. The van der Waals surface area contributed by atoms with Crippen LogP contribution in [-0.4, -0.2) is 18.6 Å². The Kier molecular flexibility index (Phi) is 6.21. The molecule has 0 aromatic heterocycles. The molecule has 1 fully saturated rings. The number of carbonyl (C=O) groups excluding carboxylic acids is 1. The standard InChI is InChI=1S/C17H26N2O2/c1-13-5-2-3-8-16(13)21-10-9-17(20)19-15-7-4-6-14(11-15)12-18/h4,6-7,11,13,16H,2-3,5,8-10,12,18H2,1H3,(H,19,20). The Morgan fingerprint density at radius 1 is 1.38 bits per heavy atom. The van der Waals surface area contributed by atoms with E-state index >= 15 is 0 Å². The number of nitrogens with two attached hydrogens (primary N) is 1. The van der Waals surface area contributed by atoms with Gasteiger partial charge in [0.1, 0.15) is 0 Å². The van der Waals surface area contributed by atoms with Gasteiger partial charge in [0.15, 0.2) is 0 Å². The molecule has 0 aliphatic heterocycles. The molecule has 0 bridgehead atoms. The number of hydrogen-bond acceptors (Lipinski definition) is 3. The molecule has 0 heterocycles. The zero-order valence-electron chi connectivity index (χ0n) is 12.8. The quantitative estimate of drug-likeness (QED) is 0.846. The van der Waals surface area contributed by atoms with Gasteiger partial charge < -0.3 is 15.8 Å². The molecule has 0 spiro atoms.